The van der Waals surface area contributed by atoms with Gasteiger partial charge in [-0.15, -0.1) is 34.0 Å². The molecule has 0 saturated carbocycles. The van der Waals surface area contributed by atoms with E-state index < -0.39 is 0 Å². The van der Waals surface area contributed by atoms with Gasteiger partial charge < -0.3 is 5.32 Å². The molecule has 0 aromatic carbocycles. The van der Waals surface area contributed by atoms with Crippen molar-refractivity contribution < 1.29 is 0 Å². The minimum Gasteiger partial charge on any atom is -0.302 e. The fourth-order valence-corrected chi connectivity index (χ4v) is 4.57. The van der Waals surface area contributed by atoms with Gasteiger partial charge in [-0.05, 0) is 41.3 Å². The van der Waals surface area contributed by atoms with Crippen molar-refractivity contribution in [3.05, 3.63) is 67.2 Å². The predicted molar refractivity (Wildman–Crippen MR) is 91.0 cm³/mol. The molecule has 0 spiro atoms. The van der Waals surface area contributed by atoms with Crippen molar-refractivity contribution in [1.82, 2.24) is 5.32 Å². The second-order valence-electron chi connectivity index (χ2n) is 4.76. The third kappa shape index (κ3) is 3.38. The molecular formula is C16H17NS3. The van der Waals surface area contributed by atoms with Crippen LogP contribution >= 0.6 is 34.0 Å². The Morgan fingerprint density at radius 3 is 2.15 bits per heavy atom. The van der Waals surface area contributed by atoms with Crippen LogP contribution in [0.15, 0.2) is 52.5 Å². The lowest BCUT2D eigenvalue weighted by molar-refractivity contribution is 0.476. The third-order valence-corrected chi connectivity index (χ3v) is 6.23. The van der Waals surface area contributed by atoms with E-state index in [1.807, 2.05) is 34.0 Å². The van der Waals surface area contributed by atoms with E-state index in [-0.39, 0.29) is 0 Å². The topological polar surface area (TPSA) is 12.0 Å². The zero-order valence-corrected chi connectivity index (χ0v) is 13.7. The molecule has 3 aromatic rings. The van der Waals surface area contributed by atoms with E-state index in [1.54, 1.807) is 0 Å². The molecule has 0 bridgehead atoms. The largest absolute Gasteiger partial charge is 0.302 e. The first kappa shape index (κ1) is 14.0. The van der Waals surface area contributed by atoms with Crippen LogP contribution in [0.1, 0.15) is 33.6 Å². The first-order chi connectivity index (χ1) is 9.83. The quantitative estimate of drug-likeness (QED) is 0.632. The highest BCUT2D eigenvalue weighted by Gasteiger charge is 2.17. The van der Waals surface area contributed by atoms with Gasteiger partial charge in [0.05, 0.1) is 0 Å². The van der Waals surface area contributed by atoms with Gasteiger partial charge >= 0.3 is 0 Å². The number of hydrogen-bond acceptors (Lipinski definition) is 4. The summed E-state index contributed by atoms with van der Waals surface area (Å²) in [7, 11) is 0. The van der Waals surface area contributed by atoms with Crippen molar-refractivity contribution in [3.63, 3.8) is 0 Å². The van der Waals surface area contributed by atoms with Crippen LogP contribution in [0.4, 0.5) is 0 Å². The summed E-state index contributed by atoms with van der Waals surface area (Å²) in [6.45, 7) is 2.25. The molecular weight excluding hydrogens is 302 g/mol. The Labute approximate surface area is 131 Å². The standard InChI is InChI=1S/C16H17NS3/c1-12(15-6-3-9-19-15)17-14(16-7-4-10-20-16)11-13-5-2-8-18-13/h2-10,12,14,17H,11H2,1H3/t12-,14?/m1/s1. The van der Waals surface area contributed by atoms with Gasteiger partial charge in [0.2, 0.25) is 0 Å². The molecule has 1 N–H and O–H groups in total. The van der Waals surface area contributed by atoms with Gasteiger partial charge in [-0.25, -0.2) is 0 Å². The van der Waals surface area contributed by atoms with E-state index in [9.17, 15) is 0 Å². The Kier molecular flexibility index (Phi) is 4.68. The fraction of sp³-hybridized carbons (Fsp3) is 0.250. The van der Waals surface area contributed by atoms with Crippen molar-refractivity contribution in [2.75, 3.05) is 0 Å². The molecule has 3 aromatic heterocycles. The molecule has 3 rings (SSSR count). The van der Waals surface area contributed by atoms with E-state index in [1.165, 1.54) is 14.6 Å². The van der Waals surface area contributed by atoms with Crippen LogP contribution in [0.3, 0.4) is 0 Å². The molecule has 104 valence electrons. The van der Waals surface area contributed by atoms with Crippen molar-refractivity contribution >= 4 is 34.0 Å². The zero-order chi connectivity index (χ0) is 13.8. The molecule has 20 heavy (non-hydrogen) atoms. The normalized spacial score (nSPS) is 14.2. The molecule has 1 nitrogen and oxygen atoms in total. The highest BCUT2D eigenvalue weighted by molar-refractivity contribution is 7.10. The first-order valence-electron chi connectivity index (χ1n) is 6.68. The summed E-state index contributed by atoms with van der Waals surface area (Å²) < 4.78 is 0. The van der Waals surface area contributed by atoms with Gasteiger partial charge in [0.1, 0.15) is 0 Å². The number of nitrogens with one attached hydrogen (secondary N) is 1. The molecule has 0 saturated heterocycles. The van der Waals surface area contributed by atoms with Crippen LogP contribution in [0.2, 0.25) is 0 Å². The average Bonchev–Trinajstić information content (AvgIpc) is 3.20. The lowest BCUT2D eigenvalue weighted by Crippen LogP contribution is -2.25. The number of rotatable bonds is 6. The maximum atomic E-state index is 3.79. The summed E-state index contributed by atoms with van der Waals surface area (Å²) in [6.07, 6.45) is 1.06. The average molecular weight is 320 g/mol. The molecule has 0 aliphatic heterocycles. The molecule has 0 aliphatic carbocycles. The monoisotopic (exact) mass is 319 g/mol. The van der Waals surface area contributed by atoms with Gasteiger partial charge in [-0.3, -0.25) is 0 Å². The summed E-state index contributed by atoms with van der Waals surface area (Å²) in [5, 5.41) is 10.3. The van der Waals surface area contributed by atoms with Gasteiger partial charge in [0.15, 0.2) is 0 Å². The van der Waals surface area contributed by atoms with E-state index in [0.717, 1.165) is 6.42 Å². The van der Waals surface area contributed by atoms with Crippen LogP contribution < -0.4 is 5.32 Å². The first-order valence-corrected chi connectivity index (χ1v) is 9.32. The smallest absolute Gasteiger partial charge is 0.0468 e. The molecule has 2 atom stereocenters. The highest BCUT2D eigenvalue weighted by Crippen LogP contribution is 2.28. The Balaban J connectivity index is 1.75. The minimum absolute atomic E-state index is 0.391. The molecule has 0 aliphatic rings. The molecule has 0 amide bonds. The van der Waals surface area contributed by atoms with Gasteiger partial charge in [-0.1, -0.05) is 18.2 Å². The Morgan fingerprint density at radius 2 is 1.55 bits per heavy atom. The summed E-state index contributed by atoms with van der Waals surface area (Å²) in [5.41, 5.74) is 0. The van der Waals surface area contributed by atoms with E-state index in [0.29, 0.717) is 12.1 Å². The van der Waals surface area contributed by atoms with E-state index >= 15 is 0 Å². The third-order valence-electron chi connectivity index (χ3n) is 3.29. The maximum Gasteiger partial charge on any atom is 0.0468 e. The summed E-state index contributed by atoms with van der Waals surface area (Å²) >= 11 is 5.50. The molecule has 3 heterocycles. The highest BCUT2D eigenvalue weighted by atomic mass is 32.1. The lowest BCUT2D eigenvalue weighted by atomic mass is 10.1. The Hall–Kier alpha value is -0.940. The maximum absolute atomic E-state index is 3.79. The van der Waals surface area contributed by atoms with Crippen molar-refractivity contribution in [3.8, 4) is 0 Å². The predicted octanol–water partition coefficient (Wildman–Crippen LogP) is 5.51. The SMILES string of the molecule is C[C@@H](NC(Cc1cccs1)c1cccs1)c1cccs1. The van der Waals surface area contributed by atoms with Crippen molar-refractivity contribution in [2.45, 2.75) is 25.4 Å². The van der Waals surface area contributed by atoms with Crippen LogP contribution in [0.25, 0.3) is 0 Å². The Bertz CT molecular complexity index is 596. The minimum atomic E-state index is 0.391. The molecule has 4 heteroatoms. The summed E-state index contributed by atoms with van der Waals surface area (Å²) in [4.78, 5) is 4.26. The second kappa shape index (κ2) is 6.68. The lowest BCUT2D eigenvalue weighted by Gasteiger charge is -2.21. The van der Waals surface area contributed by atoms with E-state index in [2.05, 4.69) is 64.8 Å². The second-order valence-corrected chi connectivity index (χ2v) is 7.75. The van der Waals surface area contributed by atoms with E-state index in [4.69, 9.17) is 0 Å². The van der Waals surface area contributed by atoms with Crippen LogP contribution in [0.5, 0.6) is 0 Å². The number of hydrogen-bond donors (Lipinski definition) is 1. The molecule has 0 radical (unpaired) electrons. The van der Waals surface area contributed by atoms with Gasteiger partial charge in [-0.2, -0.15) is 0 Å². The van der Waals surface area contributed by atoms with Gasteiger partial charge in [0, 0.05) is 33.1 Å². The zero-order valence-electron chi connectivity index (χ0n) is 11.3. The van der Waals surface area contributed by atoms with Crippen LogP contribution in [-0.2, 0) is 6.42 Å². The van der Waals surface area contributed by atoms with Gasteiger partial charge in [0.25, 0.3) is 0 Å². The summed E-state index contributed by atoms with van der Waals surface area (Å²) in [5.74, 6) is 0. The van der Waals surface area contributed by atoms with Crippen molar-refractivity contribution in [1.29, 1.82) is 0 Å². The van der Waals surface area contributed by atoms with Crippen LogP contribution in [-0.4, -0.2) is 0 Å². The Morgan fingerprint density at radius 1 is 0.900 bits per heavy atom. The van der Waals surface area contributed by atoms with Crippen molar-refractivity contribution in [2.24, 2.45) is 0 Å². The molecule has 1 unspecified atom stereocenters. The number of thiophene rings is 3. The van der Waals surface area contributed by atoms with Crippen LogP contribution in [0, 0.1) is 0 Å². The molecule has 0 fully saturated rings. The fourth-order valence-electron chi connectivity index (χ4n) is 2.28. The summed E-state index contributed by atoms with van der Waals surface area (Å²) in [6, 6.07) is 13.8.